The lowest BCUT2D eigenvalue weighted by atomic mass is 9.68. The zero-order valence-electron chi connectivity index (χ0n) is 16.5. The highest BCUT2D eigenvalue weighted by Gasteiger charge is 2.31. The fourth-order valence-corrected chi connectivity index (χ4v) is 5.43. The maximum Gasteiger partial charge on any atom is 0.118 e. The second kappa shape index (κ2) is 9.64. The fourth-order valence-electron chi connectivity index (χ4n) is 5.43. The normalized spacial score (nSPS) is 30.2. The summed E-state index contributed by atoms with van der Waals surface area (Å²) in [5, 5.41) is 0. The summed E-state index contributed by atoms with van der Waals surface area (Å²) in [4.78, 5) is 0. The van der Waals surface area contributed by atoms with E-state index in [4.69, 9.17) is 4.74 Å². The second-order valence-corrected chi connectivity index (χ2v) is 8.66. The van der Waals surface area contributed by atoms with E-state index in [0.717, 1.165) is 29.4 Å². The third-order valence-electron chi connectivity index (χ3n) is 7.13. The van der Waals surface area contributed by atoms with Crippen LogP contribution < -0.4 is 4.74 Å². The number of rotatable bonds is 7. The first kappa shape index (κ1) is 18.8. The molecule has 0 N–H and O–H groups in total. The van der Waals surface area contributed by atoms with Gasteiger partial charge < -0.3 is 4.74 Å². The van der Waals surface area contributed by atoms with E-state index in [1.165, 1.54) is 82.6 Å². The van der Waals surface area contributed by atoms with E-state index in [0.29, 0.717) is 0 Å². The molecular weight excluding hydrogens is 304 g/mol. The SMILES string of the molecule is CCCCCC1CCC(C2CCC(c3ccc(OC)cc3)CC2)CC1. The summed E-state index contributed by atoms with van der Waals surface area (Å²) in [6, 6.07) is 8.82. The van der Waals surface area contributed by atoms with Crippen LogP contribution >= 0.6 is 0 Å². The summed E-state index contributed by atoms with van der Waals surface area (Å²) in [6.45, 7) is 2.32. The van der Waals surface area contributed by atoms with Crippen LogP contribution in [0.3, 0.4) is 0 Å². The zero-order valence-corrected chi connectivity index (χ0v) is 16.5. The van der Waals surface area contributed by atoms with Crippen molar-refractivity contribution in [3.05, 3.63) is 29.8 Å². The average molecular weight is 343 g/mol. The molecule has 0 aromatic heterocycles. The van der Waals surface area contributed by atoms with E-state index < -0.39 is 0 Å². The lowest BCUT2D eigenvalue weighted by Crippen LogP contribution is -2.25. The van der Waals surface area contributed by atoms with Gasteiger partial charge in [-0.2, -0.15) is 0 Å². The van der Waals surface area contributed by atoms with Crippen LogP contribution in [0.4, 0.5) is 0 Å². The Hall–Kier alpha value is -0.980. The molecule has 140 valence electrons. The molecule has 0 unspecified atom stereocenters. The number of hydrogen-bond acceptors (Lipinski definition) is 1. The van der Waals surface area contributed by atoms with Crippen molar-refractivity contribution in [3.8, 4) is 5.75 Å². The molecule has 1 aromatic carbocycles. The first-order valence-corrected chi connectivity index (χ1v) is 10.9. The van der Waals surface area contributed by atoms with Gasteiger partial charge >= 0.3 is 0 Å². The average Bonchev–Trinajstić information content (AvgIpc) is 2.69. The van der Waals surface area contributed by atoms with Crippen LogP contribution in [0, 0.1) is 17.8 Å². The Morgan fingerprint density at radius 3 is 1.96 bits per heavy atom. The smallest absolute Gasteiger partial charge is 0.118 e. The van der Waals surface area contributed by atoms with E-state index >= 15 is 0 Å². The minimum atomic E-state index is 0.785. The van der Waals surface area contributed by atoms with Gasteiger partial charge in [0.2, 0.25) is 0 Å². The van der Waals surface area contributed by atoms with Gasteiger partial charge in [-0.3, -0.25) is 0 Å². The Morgan fingerprint density at radius 2 is 1.40 bits per heavy atom. The Bertz CT molecular complexity index is 475. The number of ether oxygens (including phenoxy) is 1. The number of benzene rings is 1. The Morgan fingerprint density at radius 1 is 0.800 bits per heavy atom. The van der Waals surface area contributed by atoms with Crippen molar-refractivity contribution in [2.24, 2.45) is 17.8 Å². The highest BCUT2D eigenvalue weighted by molar-refractivity contribution is 5.29. The van der Waals surface area contributed by atoms with Crippen LogP contribution in [0.25, 0.3) is 0 Å². The molecule has 25 heavy (non-hydrogen) atoms. The molecule has 2 aliphatic rings. The first-order chi connectivity index (χ1) is 12.3. The zero-order chi connectivity index (χ0) is 17.5. The predicted octanol–water partition coefficient (Wildman–Crippen LogP) is 7.36. The first-order valence-electron chi connectivity index (χ1n) is 10.9. The minimum absolute atomic E-state index is 0.785. The fraction of sp³-hybridized carbons (Fsp3) is 0.750. The van der Waals surface area contributed by atoms with E-state index in [9.17, 15) is 0 Å². The Labute approximate surface area is 155 Å². The van der Waals surface area contributed by atoms with Gasteiger partial charge in [0.1, 0.15) is 5.75 Å². The highest BCUT2D eigenvalue weighted by atomic mass is 16.5. The van der Waals surface area contributed by atoms with Crippen LogP contribution in [0.15, 0.2) is 24.3 Å². The van der Waals surface area contributed by atoms with Gasteiger partial charge in [-0.05, 0) is 79.9 Å². The van der Waals surface area contributed by atoms with Gasteiger partial charge in [-0.15, -0.1) is 0 Å². The van der Waals surface area contributed by atoms with Crippen molar-refractivity contribution in [1.82, 2.24) is 0 Å². The summed E-state index contributed by atoms with van der Waals surface area (Å²) in [5.74, 6) is 4.88. The molecule has 0 heterocycles. The molecule has 1 heteroatoms. The number of unbranched alkanes of at least 4 members (excludes halogenated alkanes) is 2. The van der Waals surface area contributed by atoms with Gasteiger partial charge in [0.25, 0.3) is 0 Å². The Balaban J connectivity index is 1.40. The molecule has 0 spiro atoms. The quantitative estimate of drug-likeness (QED) is 0.470. The molecule has 2 saturated carbocycles. The van der Waals surface area contributed by atoms with Crippen molar-refractivity contribution in [3.63, 3.8) is 0 Å². The van der Waals surface area contributed by atoms with E-state index in [2.05, 4.69) is 31.2 Å². The third-order valence-corrected chi connectivity index (χ3v) is 7.13. The highest BCUT2D eigenvalue weighted by Crippen LogP contribution is 2.44. The molecular formula is C24H38O. The van der Waals surface area contributed by atoms with Crippen LogP contribution in [-0.2, 0) is 0 Å². The molecule has 0 bridgehead atoms. The van der Waals surface area contributed by atoms with Crippen LogP contribution in [0.2, 0.25) is 0 Å². The molecule has 0 saturated heterocycles. The van der Waals surface area contributed by atoms with Gasteiger partial charge in [0.05, 0.1) is 7.11 Å². The van der Waals surface area contributed by atoms with Crippen molar-refractivity contribution >= 4 is 0 Å². The second-order valence-electron chi connectivity index (χ2n) is 8.66. The molecule has 2 fully saturated rings. The predicted molar refractivity (Wildman–Crippen MR) is 107 cm³/mol. The van der Waals surface area contributed by atoms with E-state index in [1.807, 2.05) is 0 Å². The number of methoxy groups -OCH3 is 1. The van der Waals surface area contributed by atoms with Crippen molar-refractivity contribution in [1.29, 1.82) is 0 Å². The molecule has 0 atom stereocenters. The molecule has 3 rings (SSSR count). The Kier molecular flexibility index (Phi) is 7.25. The molecule has 0 amide bonds. The monoisotopic (exact) mass is 342 g/mol. The van der Waals surface area contributed by atoms with Gasteiger partial charge in [0, 0.05) is 0 Å². The van der Waals surface area contributed by atoms with E-state index in [-0.39, 0.29) is 0 Å². The maximum atomic E-state index is 5.29. The molecule has 0 aliphatic heterocycles. The van der Waals surface area contributed by atoms with Crippen LogP contribution in [0.5, 0.6) is 5.75 Å². The number of hydrogen-bond donors (Lipinski definition) is 0. The molecule has 2 aliphatic carbocycles. The van der Waals surface area contributed by atoms with Crippen molar-refractivity contribution in [2.75, 3.05) is 7.11 Å². The summed E-state index contributed by atoms with van der Waals surface area (Å²) in [6.07, 6.45) is 17.6. The summed E-state index contributed by atoms with van der Waals surface area (Å²) < 4.78 is 5.29. The standard InChI is InChI=1S/C24H38O/c1-3-4-5-6-19-7-9-20(10-8-19)21-11-13-22(14-12-21)23-15-17-24(25-2)18-16-23/h15-22H,3-14H2,1-2H3. The summed E-state index contributed by atoms with van der Waals surface area (Å²) >= 11 is 0. The van der Waals surface area contributed by atoms with Gasteiger partial charge in [-0.1, -0.05) is 57.6 Å². The van der Waals surface area contributed by atoms with Crippen molar-refractivity contribution in [2.45, 2.75) is 89.9 Å². The van der Waals surface area contributed by atoms with Crippen molar-refractivity contribution < 1.29 is 4.74 Å². The topological polar surface area (TPSA) is 9.23 Å². The van der Waals surface area contributed by atoms with Gasteiger partial charge in [0.15, 0.2) is 0 Å². The third kappa shape index (κ3) is 5.25. The molecule has 0 radical (unpaired) electrons. The lowest BCUT2D eigenvalue weighted by Gasteiger charge is -2.38. The lowest BCUT2D eigenvalue weighted by molar-refractivity contribution is 0.155. The van der Waals surface area contributed by atoms with Gasteiger partial charge in [-0.25, -0.2) is 0 Å². The molecule has 1 aromatic rings. The van der Waals surface area contributed by atoms with E-state index in [1.54, 1.807) is 7.11 Å². The van der Waals surface area contributed by atoms with Crippen LogP contribution in [-0.4, -0.2) is 7.11 Å². The summed E-state index contributed by atoms with van der Waals surface area (Å²) in [7, 11) is 1.75. The molecule has 1 nitrogen and oxygen atoms in total. The maximum absolute atomic E-state index is 5.29. The minimum Gasteiger partial charge on any atom is -0.497 e. The van der Waals surface area contributed by atoms with Crippen LogP contribution in [0.1, 0.15) is 95.5 Å². The summed E-state index contributed by atoms with van der Waals surface area (Å²) in [5.41, 5.74) is 1.53. The largest absolute Gasteiger partial charge is 0.497 e.